The Hall–Kier alpha value is -1.74. The molecule has 0 spiro atoms. The van der Waals surface area contributed by atoms with Gasteiger partial charge >= 0.3 is 0 Å². The van der Waals surface area contributed by atoms with E-state index in [-0.39, 0.29) is 6.10 Å². The Labute approximate surface area is 120 Å². The average Bonchev–Trinajstić information content (AvgIpc) is 2.74. The Bertz CT molecular complexity index is 652. The van der Waals surface area contributed by atoms with Crippen LogP contribution in [0.1, 0.15) is 31.5 Å². The molecule has 3 rings (SSSR count). The van der Waals surface area contributed by atoms with Gasteiger partial charge in [-0.05, 0) is 57.5 Å². The van der Waals surface area contributed by atoms with Crippen LogP contribution in [-0.2, 0) is 0 Å². The van der Waals surface area contributed by atoms with Crippen molar-refractivity contribution in [3.63, 3.8) is 0 Å². The van der Waals surface area contributed by atoms with Crippen molar-refractivity contribution in [2.24, 2.45) is 0 Å². The molecule has 106 valence electrons. The van der Waals surface area contributed by atoms with Crippen LogP contribution in [0.3, 0.4) is 0 Å². The number of H-pyrrole nitrogens is 1. The van der Waals surface area contributed by atoms with E-state index >= 15 is 0 Å². The normalized spacial score (nSPS) is 15.7. The topological polar surface area (TPSA) is 37.0 Å². The fraction of sp³-hybridized carbons (Fsp3) is 0.412. The molecule has 0 saturated carbocycles. The standard InChI is InChI=1S/C17H22N2O/c1-11(2)20-14-4-5-16-15(10-14)17(12(3)19-16)13-6-8-18-9-7-13/h4-6,10-11,18-19H,7-9H2,1-3H3. The van der Waals surface area contributed by atoms with Crippen LogP contribution in [0.25, 0.3) is 16.5 Å². The molecule has 1 aromatic heterocycles. The summed E-state index contributed by atoms with van der Waals surface area (Å²) in [6.07, 6.45) is 3.59. The van der Waals surface area contributed by atoms with Crippen LogP contribution in [0, 0.1) is 6.92 Å². The SMILES string of the molecule is Cc1[nH]c2ccc(OC(C)C)cc2c1C1=CCNCC1. The highest BCUT2D eigenvalue weighted by Crippen LogP contribution is 2.33. The van der Waals surface area contributed by atoms with E-state index in [4.69, 9.17) is 4.74 Å². The molecule has 2 heterocycles. The third kappa shape index (κ3) is 2.46. The van der Waals surface area contributed by atoms with Crippen molar-refractivity contribution in [3.8, 4) is 5.75 Å². The maximum absolute atomic E-state index is 5.83. The minimum absolute atomic E-state index is 0.203. The number of benzene rings is 1. The van der Waals surface area contributed by atoms with Crippen molar-refractivity contribution < 1.29 is 4.74 Å². The first-order chi connectivity index (χ1) is 9.65. The third-order valence-corrected chi connectivity index (χ3v) is 3.71. The highest BCUT2D eigenvalue weighted by molar-refractivity contribution is 5.95. The second-order valence-electron chi connectivity index (χ2n) is 5.68. The van der Waals surface area contributed by atoms with Crippen molar-refractivity contribution in [1.29, 1.82) is 0 Å². The molecule has 2 aromatic rings. The van der Waals surface area contributed by atoms with Crippen LogP contribution in [0.4, 0.5) is 0 Å². The lowest BCUT2D eigenvalue weighted by molar-refractivity contribution is 0.243. The van der Waals surface area contributed by atoms with Gasteiger partial charge in [0, 0.05) is 28.7 Å². The quantitative estimate of drug-likeness (QED) is 0.893. The van der Waals surface area contributed by atoms with Crippen LogP contribution in [0.15, 0.2) is 24.3 Å². The largest absolute Gasteiger partial charge is 0.491 e. The molecular weight excluding hydrogens is 248 g/mol. The van der Waals surface area contributed by atoms with Gasteiger partial charge in [-0.1, -0.05) is 6.08 Å². The zero-order chi connectivity index (χ0) is 14.1. The molecule has 3 nitrogen and oxygen atoms in total. The Morgan fingerprint density at radius 2 is 2.10 bits per heavy atom. The lowest BCUT2D eigenvalue weighted by Crippen LogP contribution is -2.20. The zero-order valence-corrected chi connectivity index (χ0v) is 12.4. The molecule has 2 N–H and O–H groups in total. The summed E-state index contributed by atoms with van der Waals surface area (Å²) in [6, 6.07) is 6.32. The zero-order valence-electron chi connectivity index (χ0n) is 12.4. The Morgan fingerprint density at radius 3 is 2.80 bits per heavy atom. The van der Waals surface area contributed by atoms with E-state index in [1.165, 1.54) is 27.7 Å². The maximum Gasteiger partial charge on any atom is 0.120 e. The Balaban J connectivity index is 2.10. The molecule has 0 amide bonds. The number of ether oxygens (including phenoxy) is 1. The summed E-state index contributed by atoms with van der Waals surface area (Å²) in [5.74, 6) is 0.947. The first-order valence-corrected chi connectivity index (χ1v) is 7.34. The van der Waals surface area contributed by atoms with Crippen molar-refractivity contribution in [1.82, 2.24) is 10.3 Å². The molecule has 0 atom stereocenters. The molecule has 0 aliphatic carbocycles. The van der Waals surface area contributed by atoms with E-state index in [0.717, 1.165) is 25.3 Å². The number of nitrogens with one attached hydrogen (secondary N) is 2. The molecule has 20 heavy (non-hydrogen) atoms. The van der Waals surface area contributed by atoms with Gasteiger partial charge in [0.1, 0.15) is 5.75 Å². The summed E-state index contributed by atoms with van der Waals surface area (Å²) < 4.78 is 5.83. The Morgan fingerprint density at radius 1 is 1.25 bits per heavy atom. The maximum atomic E-state index is 5.83. The van der Waals surface area contributed by atoms with E-state index in [9.17, 15) is 0 Å². The molecular formula is C17H22N2O. The molecule has 0 radical (unpaired) electrons. The first kappa shape index (κ1) is 13.3. The van der Waals surface area contributed by atoms with Gasteiger partial charge in [-0.2, -0.15) is 0 Å². The number of aryl methyl sites for hydroxylation is 1. The number of aromatic nitrogens is 1. The molecule has 1 aliphatic heterocycles. The smallest absolute Gasteiger partial charge is 0.120 e. The average molecular weight is 270 g/mol. The number of hydrogen-bond acceptors (Lipinski definition) is 2. The molecule has 0 bridgehead atoms. The van der Waals surface area contributed by atoms with Crippen LogP contribution in [0.2, 0.25) is 0 Å². The van der Waals surface area contributed by atoms with Gasteiger partial charge < -0.3 is 15.0 Å². The highest BCUT2D eigenvalue weighted by atomic mass is 16.5. The van der Waals surface area contributed by atoms with Crippen LogP contribution < -0.4 is 10.1 Å². The number of fused-ring (bicyclic) bond motifs is 1. The number of hydrogen-bond donors (Lipinski definition) is 2. The first-order valence-electron chi connectivity index (χ1n) is 7.34. The third-order valence-electron chi connectivity index (χ3n) is 3.71. The summed E-state index contributed by atoms with van der Waals surface area (Å²) in [5.41, 5.74) is 5.23. The van der Waals surface area contributed by atoms with Crippen molar-refractivity contribution in [3.05, 3.63) is 35.5 Å². The molecule has 3 heteroatoms. The second kappa shape index (κ2) is 5.33. The number of aromatic amines is 1. The lowest BCUT2D eigenvalue weighted by Gasteiger charge is -2.15. The second-order valence-corrected chi connectivity index (χ2v) is 5.68. The summed E-state index contributed by atoms with van der Waals surface area (Å²) in [6.45, 7) is 8.29. The van der Waals surface area contributed by atoms with Gasteiger partial charge in [-0.25, -0.2) is 0 Å². The van der Waals surface area contributed by atoms with E-state index in [1.807, 2.05) is 6.07 Å². The van der Waals surface area contributed by atoms with Crippen molar-refractivity contribution in [2.45, 2.75) is 33.3 Å². The predicted octanol–water partition coefficient (Wildman–Crippen LogP) is 3.64. The van der Waals surface area contributed by atoms with Gasteiger partial charge in [-0.3, -0.25) is 0 Å². The van der Waals surface area contributed by atoms with Crippen LogP contribution in [0.5, 0.6) is 5.75 Å². The van der Waals surface area contributed by atoms with Gasteiger partial charge in [0.15, 0.2) is 0 Å². The molecule has 0 saturated heterocycles. The van der Waals surface area contributed by atoms with E-state index in [1.54, 1.807) is 0 Å². The Kier molecular flexibility index (Phi) is 3.53. The summed E-state index contributed by atoms with van der Waals surface area (Å²) in [7, 11) is 0. The van der Waals surface area contributed by atoms with Crippen molar-refractivity contribution >= 4 is 16.5 Å². The predicted molar refractivity (Wildman–Crippen MR) is 84.3 cm³/mol. The van der Waals surface area contributed by atoms with Crippen LogP contribution >= 0.6 is 0 Å². The van der Waals surface area contributed by atoms with Crippen LogP contribution in [-0.4, -0.2) is 24.2 Å². The minimum Gasteiger partial charge on any atom is -0.491 e. The van der Waals surface area contributed by atoms with Gasteiger partial charge in [0.25, 0.3) is 0 Å². The highest BCUT2D eigenvalue weighted by Gasteiger charge is 2.15. The van der Waals surface area contributed by atoms with E-state index in [2.05, 4.69) is 49.3 Å². The van der Waals surface area contributed by atoms with Gasteiger partial charge in [0.2, 0.25) is 0 Å². The molecule has 0 unspecified atom stereocenters. The number of rotatable bonds is 3. The van der Waals surface area contributed by atoms with Crippen molar-refractivity contribution in [2.75, 3.05) is 13.1 Å². The van der Waals surface area contributed by atoms with Gasteiger partial charge in [0.05, 0.1) is 6.10 Å². The fourth-order valence-electron chi connectivity index (χ4n) is 2.91. The minimum atomic E-state index is 0.203. The molecule has 0 fully saturated rings. The monoisotopic (exact) mass is 270 g/mol. The van der Waals surface area contributed by atoms with E-state index in [0.29, 0.717) is 0 Å². The van der Waals surface area contributed by atoms with Gasteiger partial charge in [-0.15, -0.1) is 0 Å². The summed E-state index contributed by atoms with van der Waals surface area (Å²) in [5, 5.41) is 4.64. The summed E-state index contributed by atoms with van der Waals surface area (Å²) >= 11 is 0. The lowest BCUT2D eigenvalue weighted by atomic mass is 9.97. The fourth-order valence-corrected chi connectivity index (χ4v) is 2.91. The van der Waals surface area contributed by atoms with E-state index < -0.39 is 0 Å². The summed E-state index contributed by atoms with van der Waals surface area (Å²) in [4.78, 5) is 3.49. The molecule has 1 aromatic carbocycles. The molecule has 1 aliphatic rings.